The van der Waals surface area contributed by atoms with E-state index in [1.54, 1.807) is 23.1 Å². The van der Waals surface area contributed by atoms with Crippen LogP contribution in [0.1, 0.15) is 18.1 Å². The van der Waals surface area contributed by atoms with Gasteiger partial charge in [-0.3, -0.25) is 9.69 Å². The molecule has 0 radical (unpaired) electrons. The van der Waals surface area contributed by atoms with Crippen LogP contribution in [0.5, 0.6) is 0 Å². The summed E-state index contributed by atoms with van der Waals surface area (Å²) >= 11 is 12.4. The van der Waals surface area contributed by atoms with Crippen molar-refractivity contribution >= 4 is 40.5 Å². The zero-order valence-corrected chi connectivity index (χ0v) is 15.8. The molecule has 1 aliphatic heterocycles. The van der Waals surface area contributed by atoms with E-state index in [0.717, 1.165) is 16.8 Å². The number of hydrogen-bond donors (Lipinski definition) is 0. The molecule has 0 spiro atoms. The Balaban J connectivity index is 1.85. The summed E-state index contributed by atoms with van der Waals surface area (Å²) in [5, 5.41) is 1.02. The molecule has 1 atom stereocenters. The first-order valence-corrected chi connectivity index (χ1v) is 9.19. The number of hydrogen-bond acceptors (Lipinski definition) is 1. The Morgan fingerprint density at radius 2 is 1.50 bits per heavy atom. The minimum absolute atomic E-state index is 0.0286. The maximum absolute atomic E-state index is 13.6. The number of nitrogens with zero attached hydrogens (tertiary/aromatic N) is 1. The Morgan fingerprint density at radius 3 is 2.19 bits per heavy atom. The summed E-state index contributed by atoms with van der Waals surface area (Å²) in [6.07, 6.45) is 0.633. The summed E-state index contributed by atoms with van der Waals surface area (Å²) in [5.41, 5.74) is 3.08. The van der Waals surface area contributed by atoms with Crippen molar-refractivity contribution in [1.82, 2.24) is 0 Å². The zero-order chi connectivity index (χ0) is 18.3. The minimum Gasteiger partial charge on any atom is -0.280 e. The number of halogens is 2. The molecule has 0 aliphatic carbocycles. The monoisotopic (exact) mass is 381 g/mol. The molecule has 26 heavy (non-hydrogen) atoms. The summed E-state index contributed by atoms with van der Waals surface area (Å²) in [6.45, 7) is 2.01. The highest BCUT2D eigenvalue weighted by atomic mass is 35.5. The first kappa shape index (κ1) is 17.1. The van der Waals surface area contributed by atoms with Crippen molar-refractivity contribution in [2.24, 2.45) is 0 Å². The molecule has 0 fully saturated rings. The quantitative estimate of drug-likeness (QED) is 0.530. The van der Waals surface area contributed by atoms with Crippen molar-refractivity contribution in [2.45, 2.75) is 18.8 Å². The second-order valence-corrected chi connectivity index (χ2v) is 7.65. The van der Waals surface area contributed by atoms with Gasteiger partial charge in [-0.05, 0) is 48.7 Å². The molecule has 3 aromatic rings. The molecule has 0 bridgehead atoms. The smallest absolute Gasteiger partial charge is 0.242 e. The third-order valence-corrected chi connectivity index (χ3v) is 5.36. The molecule has 4 heteroatoms. The standard InChI is InChI=1S/C22H17Cl2NO/c1-22(14-15-7-3-2-4-8-15)19-9-5-6-10-20(19)25(21(22)26)18-12-16(23)11-17(24)13-18/h2-13H,14H2,1H3. The first-order valence-electron chi connectivity index (χ1n) is 8.43. The molecular weight excluding hydrogens is 365 g/mol. The molecule has 1 heterocycles. The van der Waals surface area contributed by atoms with Gasteiger partial charge in [-0.2, -0.15) is 0 Å². The van der Waals surface area contributed by atoms with Crippen molar-refractivity contribution in [2.75, 3.05) is 4.90 Å². The lowest BCUT2D eigenvalue weighted by Gasteiger charge is -2.25. The van der Waals surface area contributed by atoms with Gasteiger partial charge in [0.2, 0.25) is 5.91 Å². The Morgan fingerprint density at radius 1 is 0.885 bits per heavy atom. The molecule has 4 rings (SSSR count). The Hall–Kier alpha value is -2.29. The molecule has 1 aliphatic rings. The Kier molecular flexibility index (Phi) is 4.26. The lowest BCUT2D eigenvalue weighted by atomic mass is 9.78. The molecule has 0 saturated carbocycles. The van der Waals surface area contributed by atoms with E-state index in [1.165, 1.54) is 0 Å². The zero-order valence-electron chi connectivity index (χ0n) is 14.2. The van der Waals surface area contributed by atoms with Crippen molar-refractivity contribution < 1.29 is 4.79 Å². The molecule has 0 aromatic heterocycles. The highest BCUT2D eigenvalue weighted by molar-refractivity contribution is 6.35. The highest BCUT2D eigenvalue weighted by Gasteiger charge is 2.47. The average Bonchev–Trinajstić information content (AvgIpc) is 2.83. The van der Waals surface area contributed by atoms with E-state index in [9.17, 15) is 4.79 Å². The van der Waals surface area contributed by atoms with E-state index in [-0.39, 0.29) is 5.91 Å². The lowest BCUT2D eigenvalue weighted by Crippen LogP contribution is -2.37. The second-order valence-electron chi connectivity index (χ2n) is 6.78. The predicted octanol–water partition coefficient (Wildman–Crippen LogP) is 6.17. The fourth-order valence-electron chi connectivity index (χ4n) is 3.71. The van der Waals surface area contributed by atoms with Crippen molar-refractivity contribution in [3.05, 3.63) is 94.0 Å². The molecule has 0 N–H and O–H groups in total. The van der Waals surface area contributed by atoms with Gasteiger partial charge in [-0.1, -0.05) is 71.7 Å². The second kappa shape index (κ2) is 6.46. The molecule has 2 nitrogen and oxygen atoms in total. The van der Waals surface area contributed by atoms with E-state index < -0.39 is 5.41 Å². The SMILES string of the molecule is CC1(Cc2ccccc2)C(=O)N(c2cc(Cl)cc(Cl)c2)c2ccccc21. The van der Waals surface area contributed by atoms with Gasteiger partial charge in [0.25, 0.3) is 0 Å². The van der Waals surface area contributed by atoms with E-state index in [2.05, 4.69) is 12.1 Å². The third kappa shape index (κ3) is 2.80. The summed E-state index contributed by atoms with van der Waals surface area (Å²) in [7, 11) is 0. The van der Waals surface area contributed by atoms with Gasteiger partial charge in [0, 0.05) is 10.0 Å². The summed E-state index contributed by atoms with van der Waals surface area (Å²) in [5.74, 6) is 0.0286. The van der Waals surface area contributed by atoms with Crippen LogP contribution in [0.3, 0.4) is 0 Å². The summed E-state index contributed by atoms with van der Waals surface area (Å²) < 4.78 is 0. The highest BCUT2D eigenvalue weighted by Crippen LogP contribution is 2.47. The fourth-order valence-corrected chi connectivity index (χ4v) is 4.22. The van der Waals surface area contributed by atoms with E-state index in [4.69, 9.17) is 23.2 Å². The number of para-hydroxylation sites is 1. The van der Waals surface area contributed by atoms with Gasteiger partial charge >= 0.3 is 0 Å². The minimum atomic E-state index is -0.646. The van der Waals surface area contributed by atoms with E-state index >= 15 is 0 Å². The van der Waals surface area contributed by atoms with Crippen molar-refractivity contribution in [3.63, 3.8) is 0 Å². The molecule has 1 amide bonds. The van der Waals surface area contributed by atoms with Crippen LogP contribution < -0.4 is 4.90 Å². The number of fused-ring (bicyclic) bond motifs is 1. The summed E-state index contributed by atoms with van der Waals surface area (Å²) in [4.78, 5) is 15.3. The van der Waals surface area contributed by atoms with Gasteiger partial charge in [0.15, 0.2) is 0 Å². The fraction of sp³-hybridized carbons (Fsp3) is 0.136. The summed E-state index contributed by atoms with van der Waals surface area (Å²) in [6, 6.07) is 23.2. The van der Waals surface area contributed by atoms with Crippen LogP contribution in [0.2, 0.25) is 10.0 Å². The number of rotatable bonds is 3. The molecular formula is C22H17Cl2NO. The maximum atomic E-state index is 13.6. The van der Waals surface area contributed by atoms with Crippen LogP contribution in [-0.4, -0.2) is 5.91 Å². The molecule has 1 unspecified atom stereocenters. The molecule has 0 saturated heterocycles. The normalized spacial score (nSPS) is 18.9. The largest absolute Gasteiger partial charge is 0.280 e. The third-order valence-electron chi connectivity index (χ3n) is 4.92. The topological polar surface area (TPSA) is 20.3 Å². The van der Waals surface area contributed by atoms with Crippen molar-refractivity contribution in [1.29, 1.82) is 0 Å². The first-order chi connectivity index (χ1) is 12.5. The number of carbonyl (C=O) groups excluding carboxylic acids is 1. The number of carbonyl (C=O) groups is 1. The molecule has 130 valence electrons. The number of benzene rings is 3. The van der Waals surface area contributed by atoms with Gasteiger partial charge in [-0.15, -0.1) is 0 Å². The van der Waals surface area contributed by atoms with Crippen LogP contribution in [0.4, 0.5) is 11.4 Å². The van der Waals surface area contributed by atoms with E-state index in [1.807, 2.05) is 49.4 Å². The maximum Gasteiger partial charge on any atom is 0.242 e. The van der Waals surface area contributed by atoms with Gasteiger partial charge in [-0.25, -0.2) is 0 Å². The van der Waals surface area contributed by atoms with Crippen LogP contribution in [-0.2, 0) is 16.6 Å². The van der Waals surface area contributed by atoms with Gasteiger partial charge < -0.3 is 0 Å². The Bertz CT molecular complexity index is 966. The number of amides is 1. The average molecular weight is 382 g/mol. The number of anilines is 2. The lowest BCUT2D eigenvalue weighted by molar-refractivity contribution is -0.121. The predicted molar refractivity (Wildman–Crippen MR) is 108 cm³/mol. The van der Waals surface area contributed by atoms with Crippen molar-refractivity contribution in [3.8, 4) is 0 Å². The van der Waals surface area contributed by atoms with Gasteiger partial charge in [0.05, 0.1) is 16.8 Å². The van der Waals surface area contributed by atoms with Crippen LogP contribution in [0.15, 0.2) is 72.8 Å². The van der Waals surface area contributed by atoms with Crippen LogP contribution in [0.25, 0.3) is 0 Å². The van der Waals surface area contributed by atoms with Crippen LogP contribution in [0, 0.1) is 0 Å². The van der Waals surface area contributed by atoms with Gasteiger partial charge in [0.1, 0.15) is 0 Å². The molecule has 3 aromatic carbocycles. The van der Waals surface area contributed by atoms with Crippen LogP contribution >= 0.6 is 23.2 Å². The Labute approximate surface area is 163 Å². The van der Waals surface area contributed by atoms with E-state index in [0.29, 0.717) is 22.2 Å².